The first-order valence-electron chi connectivity index (χ1n) is 11.4. The lowest BCUT2D eigenvalue weighted by molar-refractivity contribution is -0.143. The summed E-state index contributed by atoms with van der Waals surface area (Å²) in [4.78, 5) is 41.8. The molecule has 2 rings (SSSR count). The summed E-state index contributed by atoms with van der Waals surface area (Å²) in [6.07, 6.45) is 4.26. The first-order valence-corrected chi connectivity index (χ1v) is 11.4. The highest BCUT2D eigenvalue weighted by molar-refractivity contribution is 5.88. The van der Waals surface area contributed by atoms with Crippen LogP contribution < -0.4 is 5.32 Å². The molecule has 0 spiro atoms. The van der Waals surface area contributed by atoms with Crippen LogP contribution in [-0.2, 0) is 14.4 Å². The standard InChI is InChI=1S/C23H41N3O3/c1-7-17(3)20(24-19(27)14-16(2)15-23(4,5)6)22(29)26-12-10-25(11-13-26)21(28)18-8-9-18/h16-18,20H,7-15H2,1-6H3,(H,24,27). The second-order valence-corrected chi connectivity index (χ2v) is 10.4. The van der Waals surface area contributed by atoms with E-state index in [2.05, 4.69) is 33.0 Å². The topological polar surface area (TPSA) is 69.7 Å². The van der Waals surface area contributed by atoms with Gasteiger partial charge >= 0.3 is 0 Å². The van der Waals surface area contributed by atoms with Crippen molar-refractivity contribution in [3.8, 4) is 0 Å². The van der Waals surface area contributed by atoms with Crippen molar-refractivity contribution in [3.05, 3.63) is 0 Å². The van der Waals surface area contributed by atoms with Crippen LogP contribution in [-0.4, -0.2) is 59.7 Å². The van der Waals surface area contributed by atoms with Gasteiger partial charge in [0, 0.05) is 38.5 Å². The third kappa shape index (κ3) is 7.31. The van der Waals surface area contributed by atoms with E-state index in [-0.39, 0.29) is 40.9 Å². The van der Waals surface area contributed by atoms with E-state index in [1.54, 1.807) is 0 Å². The van der Waals surface area contributed by atoms with Gasteiger partial charge in [0.1, 0.15) is 6.04 Å². The summed E-state index contributed by atoms with van der Waals surface area (Å²) in [6.45, 7) is 15.0. The fourth-order valence-electron chi connectivity index (χ4n) is 4.28. The van der Waals surface area contributed by atoms with Crippen molar-refractivity contribution in [1.29, 1.82) is 0 Å². The zero-order chi connectivity index (χ0) is 21.8. The summed E-state index contributed by atoms with van der Waals surface area (Å²) in [6, 6.07) is -0.486. The van der Waals surface area contributed by atoms with Crippen molar-refractivity contribution < 1.29 is 14.4 Å². The maximum absolute atomic E-state index is 13.2. The van der Waals surface area contributed by atoms with Gasteiger partial charge in [-0.3, -0.25) is 14.4 Å². The molecule has 0 aromatic carbocycles. The van der Waals surface area contributed by atoms with Gasteiger partial charge in [0.25, 0.3) is 0 Å². The molecule has 1 saturated carbocycles. The van der Waals surface area contributed by atoms with Crippen molar-refractivity contribution in [2.24, 2.45) is 23.2 Å². The van der Waals surface area contributed by atoms with Crippen LogP contribution >= 0.6 is 0 Å². The van der Waals surface area contributed by atoms with Crippen LogP contribution in [0.15, 0.2) is 0 Å². The molecule has 0 radical (unpaired) electrons. The maximum Gasteiger partial charge on any atom is 0.245 e. The van der Waals surface area contributed by atoms with Crippen molar-refractivity contribution >= 4 is 17.7 Å². The minimum absolute atomic E-state index is 0.00491. The van der Waals surface area contributed by atoms with Gasteiger partial charge in [-0.15, -0.1) is 0 Å². The molecule has 2 fully saturated rings. The summed E-state index contributed by atoms with van der Waals surface area (Å²) in [5.74, 6) is 0.781. The average molecular weight is 408 g/mol. The van der Waals surface area contributed by atoms with E-state index in [1.165, 1.54) is 0 Å². The normalized spacial score (nSPS) is 20.8. The summed E-state index contributed by atoms with van der Waals surface area (Å²) in [5, 5.41) is 3.03. The largest absolute Gasteiger partial charge is 0.344 e. The van der Waals surface area contributed by atoms with Gasteiger partial charge in [-0.05, 0) is 36.5 Å². The lowest BCUT2D eigenvalue weighted by Crippen LogP contribution is -2.57. The second-order valence-electron chi connectivity index (χ2n) is 10.4. The molecule has 1 N–H and O–H groups in total. The Labute approximate surface area is 176 Å². The molecule has 0 bridgehead atoms. The van der Waals surface area contributed by atoms with E-state index in [9.17, 15) is 14.4 Å². The van der Waals surface area contributed by atoms with Gasteiger partial charge in [-0.1, -0.05) is 48.0 Å². The lowest BCUT2D eigenvalue weighted by atomic mass is 9.84. The Morgan fingerprint density at radius 2 is 1.55 bits per heavy atom. The molecule has 166 valence electrons. The van der Waals surface area contributed by atoms with Gasteiger partial charge < -0.3 is 15.1 Å². The highest BCUT2D eigenvalue weighted by Crippen LogP contribution is 2.31. The number of nitrogens with zero attached hydrogens (tertiary/aromatic N) is 2. The molecule has 0 aromatic rings. The van der Waals surface area contributed by atoms with E-state index in [0.717, 1.165) is 25.7 Å². The van der Waals surface area contributed by atoms with Gasteiger partial charge in [-0.2, -0.15) is 0 Å². The van der Waals surface area contributed by atoms with Crippen LogP contribution in [0.2, 0.25) is 0 Å². The van der Waals surface area contributed by atoms with E-state index in [1.807, 2.05) is 23.6 Å². The zero-order valence-corrected chi connectivity index (χ0v) is 19.3. The Hall–Kier alpha value is -1.59. The Bertz CT molecular complexity index is 587. The number of nitrogens with one attached hydrogen (secondary N) is 1. The van der Waals surface area contributed by atoms with Gasteiger partial charge in [-0.25, -0.2) is 0 Å². The summed E-state index contributed by atoms with van der Waals surface area (Å²) in [7, 11) is 0. The predicted molar refractivity (Wildman–Crippen MR) is 115 cm³/mol. The average Bonchev–Trinajstić information content (AvgIpc) is 3.48. The molecule has 0 aromatic heterocycles. The summed E-state index contributed by atoms with van der Waals surface area (Å²) in [5.41, 5.74) is 0.184. The molecule has 1 heterocycles. The fraction of sp³-hybridized carbons (Fsp3) is 0.870. The number of hydrogen-bond acceptors (Lipinski definition) is 3. The Morgan fingerprint density at radius 1 is 1.00 bits per heavy atom. The molecule has 3 atom stereocenters. The molecule has 3 amide bonds. The first kappa shape index (κ1) is 23.7. The van der Waals surface area contributed by atoms with Crippen molar-refractivity contribution in [2.75, 3.05) is 26.2 Å². The van der Waals surface area contributed by atoms with Crippen molar-refractivity contribution in [2.45, 2.75) is 79.7 Å². The van der Waals surface area contributed by atoms with Gasteiger partial charge in [0.2, 0.25) is 17.7 Å². The summed E-state index contributed by atoms with van der Waals surface area (Å²) < 4.78 is 0. The second kappa shape index (κ2) is 9.94. The minimum Gasteiger partial charge on any atom is -0.344 e. The van der Waals surface area contributed by atoms with Crippen LogP contribution in [0.4, 0.5) is 0 Å². The third-order valence-corrected chi connectivity index (χ3v) is 6.12. The SMILES string of the molecule is CCC(C)C(NC(=O)CC(C)CC(C)(C)C)C(=O)N1CCN(C(=O)C2CC2)CC1. The maximum atomic E-state index is 13.2. The number of piperazine rings is 1. The van der Waals surface area contributed by atoms with Crippen molar-refractivity contribution in [1.82, 2.24) is 15.1 Å². The van der Waals surface area contributed by atoms with Crippen LogP contribution in [0.25, 0.3) is 0 Å². The minimum atomic E-state index is -0.486. The number of amides is 3. The lowest BCUT2D eigenvalue weighted by Gasteiger charge is -2.37. The molecule has 2 aliphatic rings. The number of rotatable bonds is 8. The number of carbonyl (C=O) groups is 3. The van der Waals surface area contributed by atoms with E-state index < -0.39 is 6.04 Å². The molecule has 29 heavy (non-hydrogen) atoms. The molecule has 1 aliphatic heterocycles. The molecule has 1 saturated heterocycles. The van der Waals surface area contributed by atoms with Crippen LogP contribution in [0.5, 0.6) is 0 Å². The molecule has 1 aliphatic carbocycles. The van der Waals surface area contributed by atoms with E-state index in [0.29, 0.717) is 32.6 Å². The van der Waals surface area contributed by atoms with E-state index in [4.69, 9.17) is 0 Å². The van der Waals surface area contributed by atoms with Crippen LogP contribution in [0.3, 0.4) is 0 Å². The van der Waals surface area contributed by atoms with Crippen LogP contribution in [0.1, 0.15) is 73.6 Å². The number of carbonyl (C=O) groups excluding carboxylic acids is 3. The predicted octanol–water partition coefficient (Wildman–Crippen LogP) is 3.06. The Morgan fingerprint density at radius 3 is 2.03 bits per heavy atom. The summed E-state index contributed by atoms with van der Waals surface area (Å²) >= 11 is 0. The zero-order valence-electron chi connectivity index (χ0n) is 19.3. The quantitative estimate of drug-likeness (QED) is 0.672. The molecular weight excluding hydrogens is 366 g/mol. The first-order chi connectivity index (χ1) is 13.5. The fourth-order valence-corrected chi connectivity index (χ4v) is 4.28. The van der Waals surface area contributed by atoms with Gasteiger partial charge in [0.15, 0.2) is 0 Å². The smallest absolute Gasteiger partial charge is 0.245 e. The highest BCUT2D eigenvalue weighted by atomic mass is 16.2. The van der Waals surface area contributed by atoms with Crippen molar-refractivity contribution in [3.63, 3.8) is 0 Å². The third-order valence-electron chi connectivity index (χ3n) is 6.12. The number of hydrogen-bond donors (Lipinski definition) is 1. The molecular formula is C23H41N3O3. The highest BCUT2D eigenvalue weighted by Gasteiger charge is 2.37. The Balaban J connectivity index is 1.90. The molecule has 3 unspecified atom stereocenters. The molecule has 6 nitrogen and oxygen atoms in total. The Kier molecular flexibility index (Phi) is 8.12. The monoisotopic (exact) mass is 407 g/mol. The van der Waals surface area contributed by atoms with E-state index >= 15 is 0 Å². The van der Waals surface area contributed by atoms with Gasteiger partial charge in [0.05, 0.1) is 0 Å². The van der Waals surface area contributed by atoms with Crippen LogP contribution in [0, 0.1) is 23.2 Å². The molecule has 6 heteroatoms.